The number of likely N-dealkylation sites (tertiary alicyclic amines) is 1. The van der Waals surface area contributed by atoms with Crippen molar-refractivity contribution in [3.63, 3.8) is 0 Å². The standard InChI is InChI=1S/C16H32N2O/c1-2-10-18-11-5-6-15(7-12-18)17-13-16(14-19)8-3-4-9-16/h15,17,19H,2-14H2,1H3. The number of nitrogens with one attached hydrogen (secondary N) is 1. The fourth-order valence-electron chi connectivity index (χ4n) is 3.78. The maximum atomic E-state index is 9.67. The first-order valence-electron chi connectivity index (χ1n) is 8.34. The maximum Gasteiger partial charge on any atom is 0.0499 e. The molecule has 1 heterocycles. The summed E-state index contributed by atoms with van der Waals surface area (Å²) < 4.78 is 0. The molecule has 0 amide bonds. The van der Waals surface area contributed by atoms with E-state index in [-0.39, 0.29) is 5.41 Å². The van der Waals surface area contributed by atoms with E-state index in [9.17, 15) is 5.11 Å². The number of aliphatic hydroxyl groups is 1. The van der Waals surface area contributed by atoms with E-state index in [0.29, 0.717) is 12.6 Å². The zero-order valence-electron chi connectivity index (χ0n) is 12.7. The van der Waals surface area contributed by atoms with Gasteiger partial charge in [0, 0.05) is 24.6 Å². The molecule has 2 rings (SSSR count). The van der Waals surface area contributed by atoms with Gasteiger partial charge in [-0.25, -0.2) is 0 Å². The summed E-state index contributed by atoms with van der Waals surface area (Å²) in [6.07, 6.45) is 10.2. The Labute approximate surface area is 118 Å². The fraction of sp³-hybridized carbons (Fsp3) is 1.00. The van der Waals surface area contributed by atoms with Crippen LogP contribution in [0.2, 0.25) is 0 Å². The second-order valence-electron chi connectivity index (χ2n) is 6.72. The lowest BCUT2D eigenvalue weighted by Crippen LogP contribution is -2.41. The minimum absolute atomic E-state index is 0.204. The molecule has 1 aliphatic heterocycles. The molecule has 1 aliphatic carbocycles. The summed E-state index contributed by atoms with van der Waals surface area (Å²) in [6.45, 7) is 7.45. The van der Waals surface area contributed by atoms with Crippen molar-refractivity contribution in [3.8, 4) is 0 Å². The van der Waals surface area contributed by atoms with E-state index in [1.807, 2.05) is 0 Å². The molecule has 0 aromatic carbocycles. The van der Waals surface area contributed by atoms with Crippen molar-refractivity contribution < 1.29 is 5.11 Å². The molecule has 3 heteroatoms. The number of rotatable bonds is 6. The third-order valence-corrected chi connectivity index (χ3v) is 5.13. The summed E-state index contributed by atoms with van der Waals surface area (Å²) in [5.74, 6) is 0. The van der Waals surface area contributed by atoms with Gasteiger partial charge in [-0.2, -0.15) is 0 Å². The quantitative estimate of drug-likeness (QED) is 0.776. The van der Waals surface area contributed by atoms with E-state index >= 15 is 0 Å². The van der Waals surface area contributed by atoms with E-state index in [4.69, 9.17) is 0 Å². The van der Waals surface area contributed by atoms with Gasteiger partial charge < -0.3 is 15.3 Å². The Hall–Kier alpha value is -0.120. The van der Waals surface area contributed by atoms with Crippen LogP contribution in [0.4, 0.5) is 0 Å². The summed E-state index contributed by atoms with van der Waals surface area (Å²) in [5, 5.41) is 13.4. The van der Waals surface area contributed by atoms with Crippen molar-refractivity contribution in [2.45, 2.75) is 64.3 Å². The molecule has 2 fully saturated rings. The Morgan fingerprint density at radius 1 is 1.16 bits per heavy atom. The van der Waals surface area contributed by atoms with Gasteiger partial charge in [0.1, 0.15) is 0 Å². The van der Waals surface area contributed by atoms with Gasteiger partial charge in [-0.15, -0.1) is 0 Å². The van der Waals surface area contributed by atoms with E-state index in [0.717, 1.165) is 6.54 Å². The van der Waals surface area contributed by atoms with Crippen LogP contribution in [-0.2, 0) is 0 Å². The molecule has 0 spiro atoms. The molecule has 112 valence electrons. The Bertz CT molecular complexity index is 251. The Balaban J connectivity index is 1.73. The average molecular weight is 268 g/mol. The molecule has 1 saturated heterocycles. The summed E-state index contributed by atoms with van der Waals surface area (Å²) in [5.41, 5.74) is 0.204. The largest absolute Gasteiger partial charge is 0.396 e. The van der Waals surface area contributed by atoms with Crippen molar-refractivity contribution in [2.24, 2.45) is 5.41 Å². The van der Waals surface area contributed by atoms with Gasteiger partial charge in [-0.1, -0.05) is 19.8 Å². The molecule has 2 aliphatic rings. The first-order valence-corrected chi connectivity index (χ1v) is 8.34. The first-order chi connectivity index (χ1) is 9.28. The molecular weight excluding hydrogens is 236 g/mol. The van der Waals surface area contributed by atoms with Crippen LogP contribution in [0.5, 0.6) is 0 Å². The first kappa shape index (κ1) is 15.3. The fourth-order valence-corrected chi connectivity index (χ4v) is 3.78. The van der Waals surface area contributed by atoms with Crippen LogP contribution in [-0.4, -0.2) is 48.8 Å². The number of hydrogen-bond acceptors (Lipinski definition) is 3. The smallest absolute Gasteiger partial charge is 0.0499 e. The summed E-state index contributed by atoms with van der Waals surface area (Å²) in [4.78, 5) is 2.61. The Morgan fingerprint density at radius 2 is 1.95 bits per heavy atom. The number of nitrogens with zero attached hydrogens (tertiary/aromatic N) is 1. The minimum atomic E-state index is 0.204. The van der Waals surface area contributed by atoms with Gasteiger partial charge >= 0.3 is 0 Å². The van der Waals surface area contributed by atoms with Crippen LogP contribution >= 0.6 is 0 Å². The maximum absolute atomic E-state index is 9.67. The molecule has 2 N–H and O–H groups in total. The molecular formula is C16H32N2O. The van der Waals surface area contributed by atoms with E-state index < -0.39 is 0 Å². The Kier molecular flexibility index (Phi) is 6.11. The molecule has 0 aromatic heterocycles. The zero-order chi connectivity index (χ0) is 13.6. The highest BCUT2D eigenvalue weighted by Crippen LogP contribution is 2.37. The molecule has 1 atom stereocenters. The predicted octanol–water partition coefficient (Wildman–Crippen LogP) is 2.39. The zero-order valence-corrected chi connectivity index (χ0v) is 12.7. The van der Waals surface area contributed by atoms with Gasteiger partial charge in [-0.3, -0.25) is 0 Å². The Morgan fingerprint density at radius 3 is 2.63 bits per heavy atom. The van der Waals surface area contributed by atoms with E-state index in [1.54, 1.807) is 0 Å². The third-order valence-electron chi connectivity index (χ3n) is 5.13. The minimum Gasteiger partial charge on any atom is -0.396 e. The van der Waals surface area contributed by atoms with Crippen LogP contribution < -0.4 is 5.32 Å². The number of hydrogen-bond donors (Lipinski definition) is 2. The van der Waals surface area contributed by atoms with Gasteiger partial charge in [0.15, 0.2) is 0 Å². The molecule has 1 saturated carbocycles. The molecule has 0 aromatic rings. The molecule has 19 heavy (non-hydrogen) atoms. The van der Waals surface area contributed by atoms with Crippen molar-refractivity contribution in [3.05, 3.63) is 0 Å². The summed E-state index contributed by atoms with van der Waals surface area (Å²) >= 11 is 0. The molecule has 0 bridgehead atoms. The van der Waals surface area contributed by atoms with Gasteiger partial charge in [-0.05, 0) is 58.2 Å². The van der Waals surface area contributed by atoms with E-state index in [1.165, 1.54) is 71.0 Å². The van der Waals surface area contributed by atoms with Crippen molar-refractivity contribution >= 4 is 0 Å². The van der Waals surface area contributed by atoms with Crippen molar-refractivity contribution in [1.82, 2.24) is 10.2 Å². The molecule has 1 unspecified atom stereocenters. The van der Waals surface area contributed by atoms with Crippen LogP contribution in [0.1, 0.15) is 58.3 Å². The van der Waals surface area contributed by atoms with E-state index in [2.05, 4.69) is 17.1 Å². The van der Waals surface area contributed by atoms with Gasteiger partial charge in [0.05, 0.1) is 0 Å². The topological polar surface area (TPSA) is 35.5 Å². The highest BCUT2D eigenvalue weighted by molar-refractivity contribution is 4.88. The highest BCUT2D eigenvalue weighted by Gasteiger charge is 2.33. The summed E-state index contributed by atoms with van der Waals surface area (Å²) in [6, 6.07) is 0.672. The number of aliphatic hydroxyl groups excluding tert-OH is 1. The lowest BCUT2D eigenvalue weighted by Gasteiger charge is -2.29. The van der Waals surface area contributed by atoms with Crippen molar-refractivity contribution in [1.29, 1.82) is 0 Å². The van der Waals surface area contributed by atoms with Crippen molar-refractivity contribution in [2.75, 3.05) is 32.8 Å². The lowest BCUT2D eigenvalue weighted by atomic mass is 9.87. The predicted molar refractivity (Wildman–Crippen MR) is 80.4 cm³/mol. The monoisotopic (exact) mass is 268 g/mol. The van der Waals surface area contributed by atoms with Gasteiger partial charge in [0.2, 0.25) is 0 Å². The van der Waals surface area contributed by atoms with Gasteiger partial charge in [0.25, 0.3) is 0 Å². The SMILES string of the molecule is CCCN1CCCC(NCC2(CO)CCCC2)CC1. The molecule has 0 radical (unpaired) electrons. The normalized spacial score (nSPS) is 28.4. The average Bonchev–Trinajstić information content (AvgIpc) is 2.79. The highest BCUT2D eigenvalue weighted by atomic mass is 16.3. The third kappa shape index (κ3) is 4.44. The lowest BCUT2D eigenvalue weighted by molar-refractivity contribution is 0.123. The second kappa shape index (κ2) is 7.61. The van der Waals surface area contributed by atoms with Crippen LogP contribution in [0.15, 0.2) is 0 Å². The van der Waals surface area contributed by atoms with Crippen LogP contribution in [0.3, 0.4) is 0 Å². The second-order valence-corrected chi connectivity index (χ2v) is 6.72. The summed E-state index contributed by atoms with van der Waals surface area (Å²) in [7, 11) is 0. The van der Waals surface area contributed by atoms with Crippen LogP contribution in [0, 0.1) is 5.41 Å². The molecule has 3 nitrogen and oxygen atoms in total. The van der Waals surface area contributed by atoms with Crippen LogP contribution in [0.25, 0.3) is 0 Å².